The molecule has 0 rings (SSSR count). The van der Waals surface area contributed by atoms with Gasteiger partial charge in [-0.2, -0.15) is 0 Å². The lowest BCUT2D eigenvalue weighted by atomic mass is 10.0. The average Bonchev–Trinajstić information content (AvgIpc) is 3.22. The lowest BCUT2D eigenvalue weighted by Gasteiger charge is -2.18. The van der Waals surface area contributed by atoms with Crippen LogP contribution in [-0.2, 0) is 28.6 Å². The Hall–Kier alpha value is -2.11. The van der Waals surface area contributed by atoms with E-state index in [4.69, 9.17) is 14.2 Å². The van der Waals surface area contributed by atoms with Crippen molar-refractivity contribution < 1.29 is 28.6 Å². The summed E-state index contributed by atoms with van der Waals surface area (Å²) in [7, 11) is 0. The summed E-state index contributed by atoms with van der Waals surface area (Å²) < 4.78 is 16.8. The fourth-order valence-electron chi connectivity index (χ4n) is 7.32. The SMILES string of the molecule is CCC/C=C\CCCCCCCC(=O)OCC(COC(=O)CCCCCCCCCCCCCCCCCC)OC(=O)CCCCCCC/C=C\CCCCCCC. The van der Waals surface area contributed by atoms with Crippen molar-refractivity contribution in [1.82, 2.24) is 0 Å². The van der Waals surface area contributed by atoms with Crippen LogP contribution in [-0.4, -0.2) is 37.2 Å². The Bertz CT molecular complexity index is 942. The second kappa shape index (κ2) is 47.6. The highest BCUT2D eigenvalue weighted by Crippen LogP contribution is 2.16. The molecule has 6 heteroatoms. The molecule has 0 spiro atoms. The molecule has 0 amide bonds. The summed E-state index contributed by atoms with van der Waals surface area (Å²) in [5.41, 5.74) is 0. The maximum Gasteiger partial charge on any atom is 0.306 e. The average molecular weight is 817 g/mol. The molecule has 1 unspecified atom stereocenters. The number of carbonyl (C=O) groups excluding carboxylic acids is 3. The number of rotatable bonds is 46. The maximum absolute atomic E-state index is 12.8. The summed E-state index contributed by atoms with van der Waals surface area (Å²) in [5.74, 6) is -0.883. The zero-order chi connectivity index (χ0) is 42.3. The van der Waals surface area contributed by atoms with Gasteiger partial charge < -0.3 is 14.2 Å². The third-order valence-electron chi connectivity index (χ3n) is 11.2. The lowest BCUT2D eigenvalue weighted by Crippen LogP contribution is -2.30. The first-order chi connectivity index (χ1) is 28.5. The Labute approximate surface area is 360 Å². The number of hydrogen-bond donors (Lipinski definition) is 0. The van der Waals surface area contributed by atoms with Crippen LogP contribution in [0, 0.1) is 0 Å². The van der Waals surface area contributed by atoms with Crippen LogP contribution in [0.5, 0.6) is 0 Å². The van der Waals surface area contributed by atoms with E-state index in [0.29, 0.717) is 19.3 Å². The quantitative estimate of drug-likeness (QED) is 0.0263. The minimum atomic E-state index is -0.773. The zero-order valence-electron chi connectivity index (χ0n) is 38.8. The number of hydrogen-bond acceptors (Lipinski definition) is 6. The van der Waals surface area contributed by atoms with Gasteiger partial charge in [-0.15, -0.1) is 0 Å². The van der Waals surface area contributed by atoms with E-state index in [1.807, 2.05) is 0 Å². The van der Waals surface area contributed by atoms with Crippen molar-refractivity contribution in [2.75, 3.05) is 13.2 Å². The Morgan fingerprint density at radius 3 is 0.931 bits per heavy atom. The summed E-state index contributed by atoms with van der Waals surface area (Å²) in [6.07, 6.45) is 53.0. The number of unbranched alkanes of at least 4 members (excludes halogenated alkanes) is 31. The van der Waals surface area contributed by atoms with E-state index < -0.39 is 6.10 Å². The van der Waals surface area contributed by atoms with Crippen LogP contribution >= 0.6 is 0 Å². The maximum atomic E-state index is 12.8. The third kappa shape index (κ3) is 45.0. The van der Waals surface area contributed by atoms with Gasteiger partial charge in [0, 0.05) is 19.3 Å². The van der Waals surface area contributed by atoms with Crippen molar-refractivity contribution in [1.29, 1.82) is 0 Å². The molecule has 0 saturated carbocycles. The molecule has 0 aliphatic carbocycles. The highest BCUT2D eigenvalue weighted by atomic mass is 16.6. The molecule has 0 fully saturated rings. The summed E-state index contributed by atoms with van der Waals surface area (Å²) in [6.45, 7) is 6.58. The minimum absolute atomic E-state index is 0.0737. The Balaban J connectivity index is 4.32. The fourth-order valence-corrected chi connectivity index (χ4v) is 7.32. The van der Waals surface area contributed by atoms with Crippen LogP contribution in [0.4, 0.5) is 0 Å². The standard InChI is InChI=1S/C52H96O6/c1-4-7-10-13-16-19-22-24-26-27-29-30-33-36-39-42-45-51(54)57-48-49(47-56-50(53)44-41-38-35-32-21-18-15-12-9-6-3)58-52(55)46-43-40-37-34-31-28-25-23-20-17-14-11-8-5-2/h12,15,23,25,49H,4-11,13-14,16-22,24,26-48H2,1-3H3/b15-12-,25-23-. The van der Waals surface area contributed by atoms with Crippen LogP contribution in [0.1, 0.15) is 271 Å². The van der Waals surface area contributed by atoms with E-state index in [9.17, 15) is 14.4 Å². The molecule has 0 aromatic heterocycles. The third-order valence-corrected chi connectivity index (χ3v) is 11.2. The van der Waals surface area contributed by atoms with Gasteiger partial charge in [0.15, 0.2) is 6.10 Å². The van der Waals surface area contributed by atoms with Gasteiger partial charge in [-0.25, -0.2) is 0 Å². The predicted octanol–water partition coefficient (Wildman–Crippen LogP) is 16.4. The highest BCUT2D eigenvalue weighted by molar-refractivity contribution is 5.71. The highest BCUT2D eigenvalue weighted by Gasteiger charge is 2.19. The van der Waals surface area contributed by atoms with Gasteiger partial charge in [0.1, 0.15) is 13.2 Å². The van der Waals surface area contributed by atoms with E-state index in [1.54, 1.807) is 0 Å². The molecular formula is C52H96O6. The first-order valence-electron chi connectivity index (χ1n) is 25.3. The molecule has 0 saturated heterocycles. The Morgan fingerprint density at radius 2 is 0.603 bits per heavy atom. The second-order valence-corrected chi connectivity index (χ2v) is 17.1. The summed E-state index contributed by atoms with van der Waals surface area (Å²) >= 11 is 0. The van der Waals surface area contributed by atoms with Crippen molar-refractivity contribution >= 4 is 17.9 Å². The summed E-state index contributed by atoms with van der Waals surface area (Å²) in [4.78, 5) is 37.8. The molecular weight excluding hydrogens is 721 g/mol. The Kier molecular flexibility index (Phi) is 45.8. The largest absolute Gasteiger partial charge is 0.462 e. The van der Waals surface area contributed by atoms with E-state index in [2.05, 4.69) is 45.1 Å². The number of allylic oxidation sites excluding steroid dienone is 4. The van der Waals surface area contributed by atoms with Crippen molar-refractivity contribution in [3.8, 4) is 0 Å². The number of ether oxygens (including phenoxy) is 3. The van der Waals surface area contributed by atoms with Crippen LogP contribution in [0.2, 0.25) is 0 Å². The van der Waals surface area contributed by atoms with Gasteiger partial charge in [0.25, 0.3) is 0 Å². The molecule has 0 aliphatic heterocycles. The van der Waals surface area contributed by atoms with Gasteiger partial charge in [-0.1, -0.05) is 212 Å². The molecule has 0 bridgehead atoms. The van der Waals surface area contributed by atoms with E-state index >= 15 is 0 Å². The van der Waals surface area contributed by atoms with Crippen molar-refractivity contribution in [2.24, 2.45) is 0 Å². The van der Waals surface area contributed by atoms with Gasteiger partial charge in [-0.05, 0) is 64.2 Å². The topological polar surface area (TPSA) is 78.9 Å². The van der Waals surface area contributed by atoms with Crippen molar-refractivity contribution in [3.63, 3.8) is 0 Å². The second-order valence-electron chi connectivity index (χ2n) is 17.1. The molecule has 340 valence electrons. The first kappa shape index (κ1) is 55.9. The van der Waals surface area contributed by atoms with E-state index in [-0.39, 0.29) is 31.1 Å². The van der Waals surface area contributed by atoms with Crippen LogP contribution < -0.4 is 0 Å². The molecule has 1 atom stereocenters. The molecule has 6 nitrogen and oxygen atoms in total. The van der Waals surface area contributed by atoms with Crippen LogP contribution in [0.25, 0.3) is 0 Å². The predicted molar refractivity (Wildman–Crippen MR) is 247 cm³/mol. The molecule has 0 heterocycles. The molecule has 0 N–H and O–H groups in total. The van der Waals surface area contributed by atoms with E-state index in [1.165, 1.54) is 154 Å². The smallest absolute Gasteiger partial charge is 0.306 e. The monoisotopic (exact) mass is 817 g/mol. The molecule has 0 aliphatic rings. The normalized spacial score (nSPS) is 12.1. The Morgan fingerprint density at radius 1 is 0.328 bits per heavy atom. The first-order valence-corrected chi connectivity index (χ1v) is 25.3. The molecule has 58 heavy (non-hydrogen) atoms. The van der Waals surface area contributed by atoms with Crippen molar-refractivity contribution in [3.05, 3.63) is 24.3 Å². The van der Waals surface area contributed by atoms with Crippen LogP contribution in [0.15, 0.2) is 24.3 Å². The molecule has 0 radical (unpaired) electrons. The van der Waals surface area contributed by atoms with Gasteiger partial charge in [-0.3, -0.25) is 14.4 Å². The van der Waals surface area contributed by atoms with Crippen molar-refractivity contribution in [2.45, 2.75) is 277 Å². The van der Waals surface area contributed by atoms with Gasteiger partial charge in [0.2, 0.25) is 0 Å². The number of esters is 3. The summed E-state index contributed by atoms with van der Waals surface area (Å²) in [6, 6.07) is 0. The van der Waals surface area contributed by atoms with Gasteiger partial charge >= 0.3 is 17.9 Å². The number of carbonyl (C=O) groups is 3. The van der Waals surface area contributed by atoms with Gasteiger partial charge in [0.05, 0.1) is 0 Å². The van der Waals surface area contributed by atoms with Crippen LogP contribution in [0.3, 0.4) is 0 Å². The molecule has 0 aromatic carbocycles. The molecule has 0 aromatic rings. The minimum Gasteiger partial charge on any atom is -0.462 e. The lowest BCUT2D eigenvalue weighted by molar-refractivity contribution is -0.167. The van der Waals surface area contributed by atoms with E-state index in [0.717, 1.165) is 77.0 Å². The summed E-state index contributed by atoms with van der Waals surface area (Å²) in [5, 5.41) is 0. The zero-order valence-corrected chi connectivity index (χ0v) is 38.8. The fraction of sp³-hybridized carbons (Fsp3) is 0.865.